The van der Waals surface area contributed by atoms with Gasteiger partial charge in [-0.25, -0.2) is 4.98 Å². The summed E-state index contributed by atoms with van der Waals surface area (Å²) in [6.07, 6.45) is 1.57. The van der Waals surface area contributed by atoms with E-state index < -0.39 is 0 Å². The predicted octanol–water partition coefficient (Wildman–Crippen LogP) is 1.82. The molecule has 0 bridgehead atoms. The van der Waals surface area contributed by atoms with Gasteiger partial charge in [0.2, 0.25) is 0 Å². The van der Waals surface area contributed by atoms with Crippen LogP contribution in [0.5, 0.6) is 5.75 Å². The zero-order valence-corrected chi connectivity index (χ0v) is 6.76. The minimum atomic E-state index is 0.542. The molecule has 0 spiro atoms. The fourth-order valence-electron chi connectivity index (χ4n) is 0.606. The second-order valence-corrected chi connectivity index (χ2v) is 1.94. The molecule has 3 nitrogen and oxygen atoms in total. The Bertz CT molecular complexity index is 277. The summed E-state index contributed by atoms with van der Waals surface area (Å²) in [5.41, 5.74) is 0. The van der Waals surface area contributed by atoms with E-state index in [2.05, 4.69) is 27.4 Å². The van der Waals surface area contributed by atoms with Crippen molar-refractivity contribution < 1.29 is 4.74 Å². The number of rotatable bonds is 2. The van der Waals surface area contributed by atoms with E-state index in [9.17, 15) is 0 Å². The van der Waals surface area contributed by atoms with Crippen molar-refractivity contribution in [1.29, 1.82) is 0 Å². The average molecular weight is 166 g/mol. The molecular formula is C7H6N2OS. The maximum Gasteiger partial charge on any atom is 0.162 e. The molecule has 0 radical (unpaired) electrons. The van der Waals surface area contributed by atoms with Crippen LogP contribution in [0.15, 0.2) is 23.3 Å². The number of nitrogens with zero attached hydrogens (tertiary/aromatic N) is 2. The van der Waals surface area contributed by atoms with Crippen LogP contribution in [0, 0.1) is 0 Å². The van der Waals surface area contributed by atoms with E-state index in [1.54, 1.807) is 25.4 Å². The molecule has 1 aromatic rings. The molecule has 11 heavy (non-hydrogen) atoms. The molecule has 0 aromatic carbocycles. The van der Waals surface area contributed by atoms with Crippen molar-refractivity contribution in [1.82, 2.24) is 4.98 Å². The minimum Gasteiger partial charge on any atom is -0.495 e. The van der Waals surface area contributed by atoms with E-state index in [-0.39, 0.29) is 0 Å². The maximum atomic E-state index is 4.90. The lowest BCUT2D eigenvalue weighted by Crippen LogP contribution is -1.82. The molecule has 0 aliphatic rings. The summed E-state index contributed by atoms with van der Waals surface area (Å²) in [5, 5.41) is 2.23. The van der Waals surface area contributed by atoms with Gasteiger partial charge in [-0.05, 0) is 24.4 Å². The van der Waals surface area contributed by atoms with Gasteiger partial charge in [0, 0.05) is 0 Å². The van der Waals surface area contributed by atoms with Crippen LogP contribution in [0.25, 0.3) is 0 Å². The molecule has 0 fully saturated rings. The first-order chi connectivity index (χ1) is 5.36. The Morgan fingerprint density at radius 3 is 2.91 bits per heavy atom. The maximum absolute atomic E-state index is 4.90. The van der Waals surface area contributed by atoms with E-state index >= 15 is 0 Å². The third-order valence-electron chi connectivity index (χ3n) is 1.12. The van der Waals surface area contributed by atoms with E-state index in [1.165, 1.54) is 0 Å². The smallest absolute Gasteiger partial charge is 0.162 e. The SMILES string of the molecule is COc1ccc(N=C=S)nc1. The van der Waals surface area contributed by atoms with Crippen LogP contribution in [0.2, 0.25) is 0 Å². The largest absolute Gasteiger partial charge is 0.495 e. The minimum absolute atomic E-state index is 0.542. The molecule has 0 amide bonds. The number of hydrogen-bond acceptors (Lipinski definition) is 4. The highest BCUT2D eigenvalue weighted by Gasteiger charge is 1.90. The van der Waals surface area contributed by atoms with Gasteiger partial charge in [-0.15, -0.1) is 0 Å². The lowest BCUT2D eigenvalue weighted by molar-refractivity contribution is 0.413. The van der Waals surface area contributed by atoms with Crippen molar-refractivity contribution in [3.05, 3.63) is 18.3 Å². The van der Waals surface area contributed by atoms with Crippen molar-refractivity contribution in [2.24, 2.45) is 4.99 Å². The van der Waals surface area contributed by atoms with Gasteiger partial charge in [0.1, 0.15) is 5.75 Å². The third-order valence-corrected chi connectivity index (χ3v) is 1.21. The second-order valence-electron chi connectivity index (χ2n) is 1.76. The molecule has 0 aliphatic carbocycles. The molecule has 1 heterocycles. The van der Waals surface area contributed by atoms with Gasteiger partial charge in [-0.1, -0.05) is 0 Å². The highest BCUT2D eigenvalue weighted by atomic mass is 32.1. The molecule has 4 heteroatoms. The number of isothiocyanates is 1. The van der Waals surface area contributed by atoms with Crippen molar-refractivity contribution in [2.75, 3.05) is 7.11 Å². The van der Waals surface area contributed by atoms with Crippen LogP contribution in [0.4, 0.5) is 5.82 Å². The first-order valence-electron chi connectivity index (χ1n) is 2.94. The Morgan fingerprint density at radius 1 is 1.64 bits per heavy atom. The van der Waals surface area contributed by atoms with Crippen LogP contribution in [0.3, 0.4) is 0 Å². The van der Waals surface area contributed by atoms with Gasteiger partial charge in [0.25, 0.3) is 0 Å². The van der Waals surface area contributed by atoms with Crippen molar-refractivity contribution in [2.45, 2.75) is 0 Å². The molecule has 0 saturated carbocycles. The number of methoxy groups -OCH3 is 1. The Labute approximate surface area is 69.7 Å². The molecule has 1 aromatic heterocycles. The summed E-state index contributed by atoms with van der Waals surface area (Å²) in [7, 11) is 1.58. The van der Waals surface area contributed by atoms with Gasteiger partial charge < -0.3 is 4.74 Å². The Balaban J connectivity index is 2.91. The predicted molar refractivity (Wildman–Crippen MR) is 45.5 cm³/mol. The zero-order valence-electron chi connectivity index (χ0n) is 5.94. The average Bonchev–Trinajstić information content (AvgIpc) is 2.07. The number of ether oxygens (including phenoxy) is 1. The molecule has 0 atom stereocenters. The molecule has 0 N–H and O–H groups in total. The highest BCUT2D eigenvalue weighted by Crippen LogP contribution is 2.12. The van der Waals surface area contributed by atoms with E-state index in [0.29, 0.717) is 11.6 Å². The van der Waals surface area contributed by atoms with Gasteiger partial charge in [0.05, 0.1) is 18.5 Å². The number of aromatic nitrogens is 1. The van der Waals surface area contributed by atoms with Crippen molar-refractivity contribution >= 4 is 23.2 Å². The molecule has 0 aliphatic heterocycles. The standard InChI is InChI=1S/C7H6N2OS/c1-10-6-2-3-7(8-4-6)9-5-11/h2-4H,1H3. The Kier molecular flexibility index (Phi) is 2.72. The first kappa shape index (κ1) is 7.85. The molecule has 1 rings (SSSR count). The van der Waals surface area contributed by atoms with Crippen molar-refractivity contribution in [3.8, 4) is 5.75 Å². The van der Waals surface area contributed by atoms with E-state index in [0.717, 1.165) is 0 Å². The highest BCUT2D eigenvalue weighted by molar-refractivity contribution is 7.78. The Hall–Kier alpha value is -1.25. The summed E-state index contributed by atoms with van der Waals surface area (Å²) < 4.78 is 4.90. The van der Waals surface area contributed by atoms with Crippen LogP contribution in [-0.4, -0.2) is 17.3 Å². The van der Waals surface area contributed by atoms with Crippen LogP contribution >= 0.6 is 12.2 Å². The first-order valence-corrected chi connectivity index (χ1v) is 3.35. The lowest BCUT2D eigenvalue weighted by atomic mass is 10.4. The summed E-state index contributed by atoms with van der Waals surface area (Å²) in [6.45, 7) is 0. The van der Waals surface area contributed by atoms with Gasteiger partial charge in [-0.2, -0.15) is 4.99 Å². The summed E-state index contributed by atoms with van der Waals surface area (Å²) >= 11 is 4.41. The Morgan fingerprint density at radius 2 is 2.45 bits per heavy atom. The summed E-state index contributed by atoms with van der Waals surface area (Å²) in [5.74, 6) is 1.24. The summed E-state index contributed by atoms with van der Waals surface area (Å²) in [6, 6.07) is 3.47. The topological polar surface area (TPSA) is 34.5 Å². The fourth-order valence-corrected chi connectivity index (χ4v) is 0.700. The molecular weight excluding hydrogens is 160 g/mol. The van der Waals surface area contributed by atoms with E-state index in [4.69, 9.17) is 4.74 Å². The van der Waals surface area contributed by atoms with Gasteiger partial charge in [-0.3, -0.25) is 0 Å². The van der Waals surface area contributed by atoms with Crippen molar-refractivity contribution in [3.63, 3.8) is 0 Å². The molecule has 56 valence electrons. The van der Waals surface area contributed by atoms with Crippen LogP contribution in [0.1, 0.15) is 0 Å². The van der Waals surface area contributed by atoms with Gasteiger partial charge in [0.15, 0.2) is 5.82 Å². The fraction of sp³-hybridized carbons (Fsp3) is 0.143. The number of hydrogen-bond donors (Lipinski definition) is 0. The number of thiocarbonyl (C=S) groups is 1. The van der Waals surface area contributed by atoms with E-state index in [1.807, 2.05) is 0 Å². The molecule has 0 saturated heterocycles. The zero-order chi connectivity index (χ0) is 8.10. The molecule has 0 unspecified atom stereocenters. The monoisotopic (exact) mass is 166 g/mol. The van der Waals surface area contributed by atoms with Crippen LogP contribution < -0.4 is 4.74 Å². The normalized spacial score (nSPS) is 8.45. The summed E-state index contributed by atoms with van der Waals surface area (Å²) in [4.78, 5) is 7.60. The van der Waals surface area contributed by atoms with Gasteiger partial charge >= 0.3 is 0 Å². The quantitative estimate of drug-likeness (QED) is 0.496. The number of aliphatic imine (C=N–C) groups is 1. The lowest BCUT2D eigenvalue weighted by Gasteiger charge is -1.96. The second kappa shape index (κ2) is 3.81. The number of pyridine rings is 1. The van der Waals surface area contributed by atoms with Crippen LogP contribution in [-0.2, 0) is 0 Å². The third kappa shape index (κ3) is 2.11.